The summed E-state index contributed by atoms with van der Waals surface area (Å²) in [5.41, 5.74) is 2.13. The first kappa shape index (κ1) is 16.6. The molecule has 1 N–H and O–H groups in total. The molecule has 3 aromatic rings. The molecule has 1 amide bonds. The second-order valence-corrected chi connectivity index (χ2v) is 6.97. The van der Waals surface area contributed by atoms with Crippen molar-refractivity contribution in [2.45, 2.75) is 38.3 Å². The van der Waals surface area contributed by atoms with E-state index < -0.39 is 0 Å². The van der Waals surface area contributed by atoms with Crippen molar-refractivity contribution in [3.05, 3.63) is 72.8 Å². The molecule has 134 valence electrons. The van der Waals surface area contributed by atoms with Crippen LogP contribution in [0, 0.1) is 5.92 Å². The number of rotatable bonds is 5. The molecule has 5 nitrogen and oxygen atoms in total. The fourth-order valence-corrected chi connectivity index (χ4v) is 3.75. The van der Waals surface area contributed by atoms with Crippen molar-refractivity contribution in [2.24, 2.45) is 5.92 Å². The van der Waals surface area contributed by atoms with Crippen LogP contribution in [-0.4, -0.2) is 20.3 Å². The molecule has 0 unspecified atom stereocenters. The minimum atomic E-state index is 0.144. The number of benzene rings is 1. The van der Waals surface area contributed by atoms with Crippen molar-refractivity contribution in [1.82, 2.24) is 19.7 Å². The van der Waals surface area contributed by atoms with Gasteiger partial charge in [-0.05, 0) is 61.6 Å². The predicted molar refractivity (Wildman–Crippen MR) is 101 cm³/mol. The van der Waals surface area contributed by atoms with Crippen LogP contribution in [0.1, 0.15) is 37.3 Å². The van der Waals surface area contributed by atoms with Crippen molar-refractivity contribution in [3.8, 4) is 5.69 Å². The highest BCUT2D eigenvalue weighted by atomic mass is 16.1. The van der Waals surface area contributed by atoms with Gasteiger partial charge in [0.15, 0.2) is 0 Å². The smallest absolute Gasteiger partial charge is 0.223 e. The molecular formula is C21H24N4O. The number of hydrogen-bond acceptors (Lipinski definition) is 2. The molecule has 0 bridgehead atoms. The lowest BCUT2D eigenvalue weighted by molar-refractivity contribution is -0.126. The van der Waals surface area contributed by atoms with Crippen LogP contribution in [0.3, 0.4) is 0 Å². The van der Waals surface area contributed by atoms with Crippen LogP contribution in [0.25, 0.3) is 5.69 Å². The number of hydrogen-bond donors (Lipinski definition) is 1. The van der Waals surface area contributed by atoms with Gasteiger partial charge in [0.1, 0.15) is 0 Å². The summed E-state index contributed by atoms with van der Waals surface area (Å²) < 4.78 is 4.10. The highest BCUT2D eigenvalue weighted by molar-refractivity contribution is 5.78. The maximum atomic E-state index is 12.5. The Hall–Kier alpha value is -2.82. The molecule has 0 spiro atoms. The predicted octanol–water partition coefficient (Wildman–Crippen LogP) is 3.72. The highest BCUT2D eigenvalue weighted by Gasteiger charge is 2.26. The number of carbonyl (C=O) groups excluding carboxylic acids is 1. The lowest BCUT2D eigenvalue weighted by atomic mass is 9.85. The van der Waals surface area contributed by atoms with E-state index >= 15 is 0 Å². The fourth-order valence-electron chi connectivity index (χ4n) is 3.75. The fraction of sp³-hybridized carbons (Fsp3) is 0.333. The van der Waals surface area contributed by atoms with Gasteiger partial charge in [-0.25, -0.2) is 4.68 Å². The van der Waals surface area contributed by atoms with Crippen molar-refractivity contribution in [1.29, 1.82) is 0 Å². The normalized spacial score (nSPS) is 20.0. The lowest BCUT2D eigenvalue weighted by Gasteiger charge is -2.28. The molecule has 2 aromatic heterocycles. The van der Waals surface area contributed by atoms with Gasteiger partial charge in [-0.2, -0.15) is 5.10 Å². The first-order chi connectivity index (χ1) is 12.8. The van der Waals surface area contributed by atoms with Crippen LogP contribution in [0.5, 0.6) is 0 Å². The van der Waals surface area contributed by atoms with Gasteiger partial charge in [0.25, 0.3) is 0 Å². The molecule has 0 radical (unpaired) electrons. The van der Waals surface area contributed by atoms with Gasteiger partial charge < -0.3 is 9.88 Å². The van der Waals surface area contributed by atoms with E-state index in [-0.39, 0.29) is 11.8 Å². The van der Waals surface area contributed by atoms with E-state index in [0.717, 1.165) is 36.9 Å². The average Bonchev–Trinajstić information content (AvgIpc) is 3.40. The van der Waals surface area contributed by atoms with Gasteiger partial charge in [-0.1, -0.05) is 12.1 Å². The third-order valence-electron chi connectivity index (χ3n) is 5.29. The summed E-state index contributed by atoms with van der Waals surface area (Å²) in [6.07, 6.45) is 12.0. The summed E-state index contributed by atoms with van der Waals surface area (Å²) in [4.78, 5) is 12.5. The number of amides is 1. The van der Waals surface area contributed by atoms with Crippen LogP contribution in [0.4, 0.5) is 0 Å². The molecule has 1 aliphatic rings. The van der Waals surface area contributed by atoms with Crippen LogP contribution < -0.4 is 5.32 Å². The van der Waals surface area contributed by atoms with Gasteiger partial charge in [-0.3, -0.25) is 4.79 Å². The molecule has 1 saturated carbocycles. The monoisotopic (exact) mass is 348 g/mol. The van der Waals surface area contributed by atoms with Gasteiger partial charge >= 0.3 is 0 Å². The standard InChI is InChI=1S/C21H24N4O/c26-21(18-6-10-19(11-7-18)24-13-1-2-14-24)22-16-17-4-8-20(9-5-17)25-15-3-12-23-25/h1-5,8-9,12-15,18-19H,6-7,10-11,16H2,(H,22,26). The zero-order valence-electron chi connectivity index (χ0n) is 14.8. The first-order valence-electron chi connectivity index (χ1n) is 9.29. The third-order valence-corrected chi connectivity index (χ3v) is 5.29. The lowest BCUT2D eigenvalue weighted by Crippen LogP contribution is -2.33. The molecule has 2 heterocycles. The van der Waals surface area contributed by atoms with Crippen molar-refractivity contribution in [3.63, 3.8) is 0 Å². The number of nitrogens with zero attached hydrogens (tertiary/aromatic N) is 3. The largest absolute Gasteiger partial charge is 0.352 e. The third kappa shape index (κ3) is 3.72. The Balaban J connectivity index is 1.26. The van der Waals surface area contributed by atoms with Gasteiger partial charge in [0, 0.05) is 43.3 Å². The molecule has 0 saturated heterocycles. The zero-order valence-corrected chi connectivity index (χ0v) is 14.8. The van der Waals surface area contributed by atoms with Crippen molar-refractivity contribution >= 4 is 5.91 Å². The molecular weight excluding hydrogens is 324 g/mol. The second-order valence-electron chi connectivity index (χ2n) is 6.97. The number of nitrogens with one attached hydrogen (secondary N) is 1. The average molecular weight is 348 g/mol. The van der Waals surface area contributed by atoms with Gasteiger partial charge in [0.2, 0.25) is 5.91 Å². The van der Waals surface area contributed by atoms with Crippen molar-refractivity contribution in [2.75, 3.05) is 0 Å². The van der Waals surface area contributed by atoms with E-state index in [9.17, 15) is 4.79 Å². The van der Waals surface area contributed by atoms with Gasteiger partial charge in [-0.15, -0.1) is 0 Å². The summed E-state index contributed by atoms with van der Waals surface area (Å²) in [6, 6.07) is 14.7. The number of aromatic nitrogens is 3. The maximum Gasteiger partial charge on any atom is 0.223 e. The Morgan fingerprint density at radius 3 is 2.38 bits per heavy atom. The summed E-state index contributed by atoms with van der Waals surface area (Å²) in [5, 5.41) is 7.33. The Bertz CT molecular complexity index is 814. The van der Waals surface area contributed by atoms with E-state index in [4.69, 9.17) is 0 Å². The van der Waals surface area contributed by atoms with Crippen LogP contribution in [-0.2, 0) is 11.3 Å². The maximum absolute atomic E-state index is 12.5. The first-order valence-corrected chi connectivity index (χ1v) is 9.29. The zero-order chi connectivity index (χ0) is 17.8. The van der Waals surface area contributed by atoms with E-state index in [0.29, 0.717) is 12.6 Å². The quantitative estimate of drug-likeness (QED) is 0.764. The minimum Gasteiger partial charge on any atom is -0.352 e. The molecule has 0 aliphatic heterocycles. The Morgan fingerprint density at radius 2 is 1.73 bits per heavy atom. The summed E-state index contributed by atoms with van der Waals surface area (Å²) >= 11 is 0. The number of carbonyl (C=O) groups is 1. The minimum absolute atomic E-state index is 0.144. The molecule has 4 rings (SSSR count). The SMILES string of the molecule is O=C(NCc1ccc(-n2cccn2)cc1)C1CCC(n2cccc2)CC1. The highest BCUT2D eigenvalue weighted by Crippen LogP contribution is 2.32. The summed E-state index contributed by atoms with van der Waals surface area (Å²) in [5.74, 6) is 0.331. The van der Waals surface area contributed by atoms with E-state index in [2.05, 4.69) is 39.5 Å². The van der Waals surface area contributed by atoms with Gasteiger partial charge in [0.05, 0.1) is 5.69 Å². The summed E-state index contributed by atoms with van der Waals surface area (Å²) in [7, 11) is 0. The molecule has 1 aliphatic carbocycles. The topological polar surface area (TPSA) is 51.9 Å². The summed E-state index contributed by atoms with van der Waals surface area (Å²) in [6.45, 7) is 0.579. The van der Waals surface area contributed by atoms with E-state index in [1.807, 2.05) is 41.2 Å². The Labute approximate surface area is 153 Å². The van der Waals surface area contributed by atoms with Crippen LogP contribution in [0.2, 0.25) is 0 Å². The van der Waals surface area contributed by atoms with Crippen LogP contribution >= 0.6 is 0 Å². The molecule has 26 heavy (non-hydrogen) atoms. The molecule has 1 aromatic carbocycles. The Kier molecular flexibility index (Phi) is 4.86. The van der Waals surface area contributed by atoms with E-state index in [1.165, 1.54) is 0 Å². The second kappa shape index (κ2) is 7.60. The molecule has 0 atom stereocenters. The van der Waals surface area contributed by atoms with Crippen molar-refractivity contribution < 1.29 is 4.79 Å². The van der Waals surface area contributed by atoms with E-state index in [1.54, 1.807) is 6.20 Å². The molecule has 5 heteroatoms. The van der Waals surface area contributed by atoms with Crippen LogP contribution in [0.15, 0.2) is 67.3 Å². The Morgan fingerprint density at radius 1 is 1.00 bits per heavy atom. The molecule has 1 fully saturated rings.